The Morgan fingerprint density at radius 3 is 2.64 bits per heavy atom. The van der Waals surface area contributed by atoms with Crippen LogP contribution in [0.1, 0.15) is 61.2 Å². The minimum absolute atomic E-state index is 0.234. The minimum Gasteiger partial charge on any atom is -0.462 e. The van der Waals surface area contributed by atoms with Crippen LogP contribution in [0, 0.1) is 0 Å². The first-order chi connectivity index (χ1) is 10.6. The molecule has 6 heteroatoms. The molecule has 0 aromatic carbocycles. The number of urea groups is 1. The average Bonchev–Trinajstić information content (AvgIpc) is 2.91. The van der Waals surface area contributed by atoms with E-state index >= 15 is 0 Å². The van der Waals surface area contributed by atoms with Crippen LogP contribution in [0.4, 0.5) is 9.80 Å². The SMILES string of the molecule is CCOC(=O)c1cc(CC)sc1NC(=O)NC1CCCCC1. The first-order valence-corrected chi connectivity index (χ1v) is 8.83. The van der Waals surface area contributed by atoms with Crippen molar-refractivity contribution < 1.29 is 14.3 Å². The Hall–Kier alpha value is -1.56. The molecular formula is C16H24N2O3S. The molecule has 2 amide bonds. The summed E-state index contributed by atoms with van der Waals surface area (Å²) in [5, 5.41) is 6.39. The fourth-order valence-corrected chi connectivity index (χ4v) is 3.62. The van der Waals surface area contributed by atoms with Crippen LogP contribution in [0.15, 0.2) is 6.07 Å². The zero-order chi connectivity index (χ0) is 15.9. The standard InChI is InChI=1S/C16H24N2O3S/c1-3-12-10-13(15(19)21-4-2)14(22-12)18-16(20)17-11-8-6-5-7-9-11/h10-11H,3-9H2,1-2H3,(H2,17,18,20). The number of rotatable bonds is 5. The molecule has 0 bridgehead atoms. The monoisotopic (exact) mass is 324 g/mol. The predicted molar refractivity (Wildman–Crippen MR) is 88.7 cm³/mol. The molecular weight excluding hydrogens is 300 g/mol. The lowest BCUT2D eigenvalue weighted by molar-refractivity contribution is 0.0528. The summed E-state index contributed by atoms with van der Waals surface area (Å²) in [6.45, 7) is 4.12. The fourth-order valence-electron chi connectivity index (χ4n) is 2.64. The van der Waals surface area contributed by atoms with Crippen molar-refractivity contribution in [3.63, 3.8) is 0 Å². The van der Waals surface area contributed by atoms with Gasteiger partial charge in [-0.1, -0.05) is 26.2 Å². The van der Waals surface area contributed by atoms with Crippen molar-refractivity contribution in [3.05, 3.63) is 16.5 Å². The van der Waals surface area contributed by atoms with Gasteiger partial charge in [0.25, 0.3) is 0 Å². The maximum absolute atomic E-state index is 12.1. The van der Waals surface area contributed by atoms with Gasteiger partial charge in [-0.3, -0.25) is 5.32 Å². The highest BCUT2D eigenvalue weighted by Crippen LogP contribution is 2.29. The van der Waals surface area contributed by atoms with Crippen molar-refractivity contribution in [2.45, 2.75) is 58.4 Å². The molecule has 2 rings (SSSR count). The second kappa shape index (κ2) is 8.17. The number of thiophene rings is 1. The number of carbonyl (C=O) groups is 2. The van der Waals surface area contributed by atoms with Gasteiger partial charge in [0.1, 0.15) is 5.00 Å². The van der Waals surface area contributed by atoms with Crippen molar-refractivity contribution in [1.82, 2.24) is 5.32 Å². The zero-order valence-electron chi connectivity index (χ0n) is 13.2. The molecule has 122 valence electrons. The second-order valence-corrected chi connectivity index (χ2v) is 6.60. The number of ether oxygens (including phenoxy) is 1. The van der Waals surface area contributed by atoms with Gasteiger partial charge in [0.2, 0.25) is 0 Å². The van der Waals surface area contributed by atoms with Crippen molar-refractivity contribution in [1.29, 1.82) is 0 Å². The van der Waals surface area contributed by atoms with E-state index in [0.717, 1.165) is 37.0 Å². The highest BCUT2D eigenvalue weighted by atomic mass is 32.1. The summed E-state index contributed by atoms with van der Waals surface area (Å²) in [5.74, 6) is -0.383. The first kappa shape index (κ1) is 16.8. The van der Waals surface area contributed by atoms with E-state index < -0.39 is 0 Å². The predicted octanol–water partition coefficient (Wildman–Crippen LogP) is 3.94. The van der Waals surface area contributed by atoms with Crippen LogP contribution in [0.25, 0.3) is 0 Å². The molecule has 0 unspecified atom stereocenters. The minimum atomic E-state index is -0.383. The molecule has 2 N–H and O–H groups in total. The molecule has 1 aromatic rings. The Labute approximate surface area is 135 Å². The third-order valence-corrected chi connectivity index (χ3v) is 4.99. The van der Waals surface area contributed by atoms with Crippen LogP contribution in [0.3, 0.4) is 0 Å². The molecule has 22 heavy (non-hydrogen) atoms. The molecule has 5 nitrogen and oxygen atoms in total. The van der Waals surface area contributed by atoms with E-state index in [4.69, 9.17) is 4.74 Å². The lowest BCUT2D eigenvalue weighted by Gasteiger charge is -2.22. The quantitative estimate of drug-likeness (QED) is 0.806. The molecule has 1 saturated carbocycles. The van der Waals surface area contributed by atoms with Gasteiger partial charge in [-0.2, -0.15) is 0 Å². The average molecular weight is 324 g/mol. The van der Waals surface area contributed by atoms with E-state index in [1.165, 1.54) is 17.8 Å². The third-order valence-electron chi connectivity index (χ3n) is 3.79. The van der Waals surface area contributed by atoms with E-state index in [-0.39, 0.29) is 18.0 Å². The molecule has 0 radical (unpaired) electrons. The summed E-state index contributed by atoms with van der Waals surface area (Å²) in [6.07, 6.45) is 6.46. The zero-order valence-corrected chi connectivity index (χ0v) is 14.1. The summed E-state index contributed by atoms with van der Waals surface area (Å²) in [6, 6.07) is 1.81. The molecule has 1 aliphatic rings. The maximum Gasteiger partial charge on any atom is 0.341 e. The lowest BCUT2D eigenvalue weighted by Crippen LogP contribution is -2.39. The van der Waals surface area contributed by atoms with Gasteiger partial charge in [-0.05, 0) is 32.3 Å². The second-order valence-electron chi connectivity index (χ2n) is 5.46. The molecule has 0 aliphatic heterocycles. The fraction of sp³-hybridized carbons (Fsp3) is 0.625. The van der Waals surface area contributed by atoms with Gasteiger partial charge in [-0.25, -0.2) is 9.59 Å². The normalized spacial score (nSPS) is 15.4. The number of amides is 2. The Kier molecular flexibility index (Phi) is 6.24. The van der Waals surface area contributed by atoms with E-state index in [1.54, 1.807) is 13.0 Å². The van der Waals surface area contributed by atoms with Crippen LogP contribution < -0.4 is 10.6 Å². The van der Waals surface area contributed by atoms with Crippen molar-refractivity contribution >= 4 is 28.3 Å². The van der Waals surface area contributed by atoms with Gasteiger partial charge in [0.15, 0.2) is 0 Å². The Balaban J connectivity index is 2.02. The smallest absolute Gasteiger partial charge is 0.341 e. The van der Waals surface area contributed by atoms with Crippen LogP contribution in [-0.2, 0) is 11.2 Å². The highest BCUT2D eigenvalue weighted by molar-refractivity contribution is 7.16. The largest absolute Gasteiger partial charge is 0.462 e. The number of esters is 1. The van der Waals surface area contributed by atoms with Gasteiger partial charge in [-0.15, -0.1) is 11.3 Å². The molecule has 0 atom stereocenters. The van der Waals surface area contributed by atoms with Crippen LogP contribution in [0.5, 0.6) is 0 Å². The summed E-state index contributed by atoms with van der Waals surface area (Å²) in [4.78, 5) is 25.2. The number of hydrogen-bond donors (Lipinski definition) is 2. The molecule has 1 fully saturated rings. The van der Waals surface area contributed by atoms with Gasteiger partial charge >= 0.3 is 12.0 Å². The van der Waals surface area contributed by atoms with Crippen molar-refractivity contribution in [3.8, 4) is 0 Å². The Bertz CT molecular complexity index is 521. The van der Waals surface area contributed by atoms with Gasteiger partial charge in [0.05, 0.1) is 12.2 Å². The van der Waals surface area contributed by atoms with E-state index in [1.807, 2.05) is 6.92 Å². The summed E-state index contributed by atoms with van der Waals surface area (Å²) < 4.78 is 5.05. The number of aryl methyl sites for hydroxylation is 1. The van der Waals surface area contributed by atoms with Crippen molar-refractivity contribution in [2.75, 3.05) is 11.9 Å². The highest BCUT2D eigenvalue weighted by Gasteiger charge is 2.20. The Morgan fingerprint density at radius 2 is 2.00 bits per heavy atom. The molecule has 0 spiro atoms. The topological polar surface area (TPSA) is 67.4 Å². The van der Waals surface area contributed by atoms with Crippen molar-refractivity contribution in [2.24, 2.45) is 0 Å². The number of anilines is 1. The van der Waals surface area contributed by atoms with Gasteiger partial charge < -0.3 is 10.1 Å². The molecule has 1 aliphatic carbocycles. The summed E-state index contributed by atoms with van der Waals surface area (Å²) in [7, 11) is 0. The van der Waals surface area contributed by atoms with Gasteiger partial charge in [0, 0.05) is 10.9 Å². The van der Waals surface area contributed by atoms with Crippen LogP contribution in [-0.4, -0.2) is 24.6 Å². The molecule has 1 heterocycles. The van der Waals surface area contributed by atoms with E-state index in [0.29, 0.717) is 17.2 Å². The molecule has 1 aromatic heterocycles. The summed E-state index contributed by atoms with van der Waals surface area (Å²) >= 11 is 1.43. The first-order valence-electron chi connectivity index (χ1n) is 8.01. The van der Waals surface area contributed by atoms with E-state index in [2.05, 4.69) is 10.6 Å². The lowest BCUT2D eigenvalue weighted by atomic mass is 9.96. The molecule has 0 saturated heterocycles. The number of hydrogen-bond acceptors (Lipinski definition) is 4. The van der Waals surface area contributed by atoms with Crippen LogP contribution >= 0.6 is 11.3 Å². The maximum atomic E-state index is 12.1. The van der Waals surface area contributed by atoms with E-state index in [9.17, 15) is 9.59 Å². The number of carbonyl (C=O) groups excluding carboxylic acids is 2. The summed E-state index contributed by atoms with van der Waals surface area (Å²) in [5.41, 5.74) is 0.447. The Morgan fingerprint density at radius 1 is 1.27 bits per heavy atom. The number of nitrogens with one attached hydrogen (secondary N) is 2. The van der Waals surface area contributed by atoms with Crippen LogP contribution in [0.2, 0.25) is 0 Å². The third kappa shape index (κ3) is 4.47.